The molecule has 1 aliphatic heterocycles. The van der Waals surface area contributed by atoms with E-state index in [4.69, 9.17) is 11.6 Å². The van der Waals surface area contributed by atoms with Crippen LogP contribution < -0.4 is 9.80 Å². The third-order valence-corrected chi connectivity index (χ3v) is 3.91. The van der Waals surface area contributed by atoms with E-state index in [1.165, 1.54) is 6.07 Å². The lowest BCUT2D eigenvalue weighted by Crippen LogP contribution is -2.47. The molecule has 1 aliphatic rings. The van der Waals surface area contributed by atoms with Gasteiger partial charge in [-0.05, 0) is 12.1 Å². The lowest BCUT2D eigenvalue weighted by atomic mass is 10.2. The molecule has 6 heteroatoms. The molecule has 0 N–H and O–H groups in total. The van der Waals surface area contributed by atoms with Crippen LogP contribution in [0.1, 0.15) is 5.56 Å². The van der Waals surface area contributed by atoms with Crippen molar-refractivity contribution < 1.29 is 4.39 Å². The summed E-state index contributed by atoms with van der Waals surface area (Å²) >= 11 is 5.73. The lowest BCUT2D eigenvalue weighted by Gasteiger charge is -2.36. The topological polar surface area (TPSA) is 32.3 Å². The summed E-state index contributed by atoms with van der Waals surface area (Å²) in [6.07, 6.45) is 3.50. The second-order valence-corrected chi connectivity index (χ2v) is 5.22. The number of halogens is 2. The first-order chi connectivity index (χ1) is 10.3. The molecule has 3 rings (SSSR count). The van der Waals surface area contributed by atoms with E-state index >= 15 is 0 Å². The summed E-state index contributed by atoms with van der Waals surface area (Å²) in [4.78, 5) is 12.8. The zero-order valence-electron chi connectivity index (χ0n) is 11.5. The van der Waals surface area contributed by atoms with E-state index in [0.717, 1.165) is 31.7 Å². The molecule has 0 amide bonds. The first-order valence-electron chi connectivity index (χ1n) is 6.89. The SMILES string of the molecule is Fc1ccccc1N1CCN(c2ncc(CCl)cn2)CC1. The molecular weight excluding hydrogens is 291 g/mol. The molecule has 1 aromatic heterocycles. The Balaban J connectivity index is 1.66. The average molecular weight is 307 g/mol. The fourth-order valence-corrected chi connectivity index (χ4v) is 2.57. The van der Waals surface area contributed by atoms with Gasteiger partial charge in [-0.3, -0.25) is 0 Å². The van der Waals surface area contributed by atoms with Gasteiger partial charge in [-0.15, -0.1) is 11.6 Å². The molecule has 1 fully saturated rings. The summed E-state index contributed by atoms with van der Waals surface area (Å²) in [5.41, 5.74) is 1.57. The maximum absolute atomic E-state index is 13.8. The van der Waals surface area contributed by atoms with Crippen molar-refractivity contribution in [3.8, 4) is 0 Å². The fraction of sp³-hybridized carbons (Fsp3) is 0.333. The maximum atomic E-state index is 13.8. The zero-order chi connectivity index (χ0) is 14.7. The van der Waals surface area contributed by atoms with Gasteiger partial charge in [0.25, 0.3) is 0 Å². The Bertz CT molecular complexity index is 597. The predicted octanol–water partition coefficient (Wildman–Crippen LogP) is 2.68. The quantitative estimate of drug-likeness (QED) is 0.816. The number of hydrogen-bond acceptors (Lipinski definition) is 4. The predicted molar refractivity (Wildman–Crippen MR) is 82.4 cm³/mol. The van der Waals surface area contributed by atoms with Crippen LogP contribution in [0.15, 0.2) is 36.7 Å². The number of para-hydroxylation sites is 1. The van der Waals surface area contributed by atoms with Crippen LogP contribution in [0.25, 0.3) is 0 Å². The smallest absolute Gasteiger partial charge is 0.225 e. The minimum Gasteiger partial charge on any atom is -0.366 e. The molecule has 0 bridgehead atoms. The van der Waals surface area contributed by atoms with Crippen molar-refractivity contribution in [3.05, 3.63) is 48.0 Å². The van der Waals surface area contributed by atoms with Gasteiger partial charge >= 0.3 is 0 Å². The number of rotatable bonds is 3. The van der Waals surface area contributed by atoms with Gasteiger partial charge in [-0.1, -0.05) is 12.1 Å². The molecule has 4 nitrogen and oxygen atoms in total. The van der Waals surface area contributed by atoms with E-state index in [1.54, 1.807) is 18.5 Å². The zero-order valence-corrected chi connectivity index (χ0v) is 12.3. The Morgan fingerprint density at radius 2 is 1.62 bits per heavy atom. The largest absolute Gasteiger partial charge is 0.366 e. The van der Waals surface area contributed by atoms with Gasteiger partial charge in [-0.25, -0.2) is 14.4 Å². The molecule has 2 heterocycles. The normalized spacial score (nSPS) is 15.3. The Morgan fingerprint density at radius 1 is 1.00 bits per heavy atom. The maximum Gasteiger partial charge on any atom is 0.225 e. The highest BCUT2D eigenvalue weighted by molar-refractivity contribution is 6.17. The lowest BCUT2D eigenvalue weighted by molar-refractivity contribution is 0.594. The average Bonchev–Trinajstić information content (AvgIpc) is 2.56. The third-order valence-electron chi connectivity index (χ3n) is 3.60. The van der Waals surface area contributed by atoms with Gasteiger partial charge in [-0.2, -0.15) is 0 Å². The van der Waals surface area contributed by atoms with Crippen LogP contribution in [-0.4, -0.2) is 36.1 Å². The molecule has 2 aromatic rings. The number of alkyl halides is 1. The Kier molecular flexibility index (Phi) is 4.20. The van der Waals surface area contributed by atoms with E-state index in [1.807, 2.05) is 12.1 Å². The summed E-state index contributed by atoms with van der Waals surface area (Å²) in [6.45, 7) is 3.05. The summed E-state index contributed by atoms with van der Waals surface area (Å²) in [5.74, 6) is 0.951. The van der Waals surface area contributed by atoms with Gasteiger partial charge in [0.1, 0.15) is 5.82 Å². The van der Waals surface area contributed by atoms with Crippen LogP contribution in [-0.2, 0) is 5.88 Å². The van der Waals surface area contributed by atoms with E-state index in [-0.39, 0.29) is 5.82 Å². The molecule has 110 valence electrons. The Morgan fingerprint density at radius 3 is 2.24 bits per heavy atom. The van der Waals surface area contributed by atoms with Gasteiger partial charge in [0.15, 0.2) is 0 Å². The monoisotopic (exact) mass is 306 g/mol. The van der Waals surface area contributed by atoms with Crippen LogP contribution >= 0.6 is 11.6 Å². The van der Waals surface area contributed by atoms with Crippen LogP contribution in [0.5, 0.6) is 0 Å². The number of hydrogen-bond donors (Lipinski definition) is 0. The molecule has 1 saturated heterocycles. The molecule has 0 unspecified atom stereocenters. The van der Waals surface area contributed by atoms with Crippen molar-refractivity contribution >= 4 is 23.2 Å². The highest BCUT2D eigenvalue weighted by atomic mass is 35.5. The third kappa shape index (κ3) is 3.08. The summed E-state index contributed by atoms with van der Waals surface area (Å²) in [6, 6.07) is 6.88. The van der Waals surface area contributed by atoms with Crippen molar-refractivity contribution in [3.63, 3.8) is 0 Å². The van der Waals surface area contributed by atoms with Gasteiger partial charge < -0.3 is 9.80 Å². The number of benzene rings is 1. The minimum atomic E-state index is -0.173. The van der Waals surface area contributed by atoms with Gasteiger partial charge in [0.05, 0.1) is 11.6 Å². The summed E-state index contributed by atoms with van der Waals surface area (Å²) in [5, 5.41) is 0. The summed E-state index contributed by atoms with van der Waals surface area (Å²) < 4.78 is 13.8. The van der Waals surface area contributed by atoms with E-state index in [2.05, 4.69) is 19.8 Å². The van der Waals surface area contributed by atoms with Crippen molar-refractivity contribution in [2.24, 2.45) is 0 Å². The molecular formula is C15H16ClFN4. The standard InChI is InChI=1S/C15H16ClFN4/c16-9-12-10-18-15(19-11-12)21-7-5-20(6-8-21)14-4-2-1-3-13(14)17/h1-4,10-11H,5-9H2. The van der Waals surface area contributed by atoms with Crippen LogP contribution in [0, 0.1) is 5.82 Å². The Labute approximate surface area is 128 Å². The first-order valence-corrected chi connectivity index (χ1v) is 7.42. The molecule has 0 spiro atoms. The molecule has 0 radical (unpaired) electrons. The van der Waals surface area contributed by atoms with Crippen molar-refractivity contribution in [1.82, 2.24) is 9.97 Å². The van der Waals surface area contributed by atoms with Crippen LogP contribution in [0.4, 0.5) is 16.0 Å². The van der Waals surface area contributed by atoms with E-state index in [9.17, 15) is 4.39 Å². The van der Waals surface area contributed by atoms with Crippen LogP contribution in [0.2, 0.25) is 0 Å². The number of aromatic nitrogens is 2. The van der Waals surface area contributed by atoms with Gasteiger partial charge in [0.2, 0.25) is 5.95 Å². The first kappa shape index (κ1) is 14.1. The van der Waals surface area contributed by atoms with E-state index in [0.29, 0.717) is 17.5 Å². The van der Waals surface area contributed by atoms with Crippen molar-refractivity contribution in [1.29, 1.82) is 0 Å². The molecule has 21 heavy (non-hydrogen) atoms. The number of piperazine rings is 1. The summed E-state index contributed by atoms with van der Waals surface area (Å²) in [7, 11) is 0. The van der Waals surface area contributed by atoms with Crippen LogP contribution in [0.3, 0.4) is 0 Å². The highest BCUT2D eigenvalue weighted by Gasteiger charge is 2.20. The van der Waals surface area contributed by atoms with Crippen molar-refractivity contribution in [2.75, 3.05) is 36.0 Å². The minimum absolute atomic E-state index is 0.173. The number of nitrogens with zero attached hydrogens (tertiary/aromatic N) is 4. The molecule has 0 aliphatic carbocycles. The highest BCUT2D eigenvalue weighted by Crippen LogP contribution is 2.21. The fourth-order valence-electron chi connectivity index (χ4n) is 2.44. The molecule has 1 aromatic carbocycles. The second kappa shape index (κ2) is 6.26. The van der Waals surface area contributed by atoms with E-state index < -0.39 is 0 Å². The Hall–Kier alpha value is -1.88. The molecule has 0 atom stereocenters. The molecule has 0 saturated carbocycles. The van der Waals surface area contributed by atoms with Crippen molar-refractivity contribution in [2.45, 2.75) is 5.88 Å². The number of anilines is 2. The van der Waals surface area contributed by atoms with Gasteiger partial charge in [0, 0.05) is 44.1 Å². The second-order valence-electron chi connectivity index (χ2n) is 4.95.